The Hall–Kier alpha value is -2.87. The van der Waals surface area contributed by atoms with Crippen LogP contribution in [0.3, 0.4) is 0 Å². The first-order chi connectivity index (χ1) is 16.0. The van der Waals surface area contributed by atoms with E-state index in [9.17, 15) is 9.59 Å². The van der Waals surface area contributed by atoms with Gasteiger partial charge in [-0.25, -0.2) is 0 Å². The number of carbonyl (C=O) groups is 2. The lowest BCUT2D eigenvalue weighted by Crippen LogP contribution is -2.50. The predicted molar refractivity (Wildman–Crippen MR) is 134 cm³/mol. The van der Waals surface area contributed by atoms with Gasteiger partial charge in [0, 0.05) is 29.7 Å². The second-order valence-corrected chi connectivity index (χ2v) is 8.68. The average Bonchev–Trinajstić information content (AvgIpc) is 3.38. The number of nitrogens with two attached hydrogens (primary N) is 1. The molecule has 6 nitrogen and oxygen atoms in total. The number of likely N-dealkylation sites (N-methyl/N-ethyl adjacent to an activating group) is 1. The molecule has 1 unspecified atom stereocenters. The molecule has 0 fully saturated rings. The highest BCUT2D eigenvalue weighted by atomic mass is 35.5. The van der Waals surface area contributed by atoms with Crippen molar-refractivity contribution in [3.05, 3.63) is 77.0 Å². The third-order valence-corrected chi connectivity index (χ3v) is 6.43. The van der Waals surface area contributed by atoms with Crippen LogP contribution < -0.4 is 15.4 Å². The van der Waals surface area contributed by atoms with E-state index in [4.69, 9.17) is 22.1 Å². The van der Waals surface area contributed by atoms with Crippen LogP contribution in [-0.4, -0.2) is 41.7 Å². The summed E-state index contributed by atoms with van der Waals surface area (Å²) in [6.45, 7) is 4.60. The van der Waals surface area contributed by atoms with E-state index >= 15 is 0 Å². The first-order valence-corrected chi connectivity index (χ1v) is 12.2. The van der Waals surface area contributed by atoms with Gasteiger partial charge < -0.3 is 15.4 Å². The lowest BCUT2D eigenvalue weighted by Gasteiger charge is -2.36. The van der Waals surface area contributed by atoms with Crippen molar-refractivity contribution in [3.8, 4) is 11.5 Å². The van der Waals surface area contributed by atoms with E-state index in [0.717, 1.165) is 4.88 Å². The number of benzene rings is 2. The fraction of sp³-hybridized carbons (Fsp3) is 0.280. The maximum Gasteiger partial charge on any atom is 0.251 e. The molecule has 0 aliphatic heterocycles. The molecule has 0 aliphatic carbocycles. The number of hydrogen-bond donors (Lipinski definition) is 1. The number of para-hydroxylation sites is 1. The summed E-state index contributed by atoms with van der Waals surface area (Å²) < 4.78 is 5.87. The number of carbonyl (C=O) groups excluding carboxylic acids is 2. The Morgan fingerprint density at radius 1 is 1.03 bits per heavy atom. The summed E-state index contributed by atoms with van der Waals surface area (Å²) >= 11 is 7.41. The van der Waals surface area contributed by atoms with Crippen LogP contribution in [0.15, 0.2) is 72.1 Å². The molecule has 174 valence electrons. The smallest absolute Gasteiger partial charge is 0.251 e. The monoisotopic (exact) mass is 485 g/mol. The number of nitrogens with zero attached hydrogens (tertiary/aromatic N) is 2. The molecule has 33 heavy (non-hydrogen) atoms. The number of ether oxygens (including phenoxy) is 1. The zero-order valence-corrected chi connectivity index (χ0v) is 20.3. The van der Waals surface area contributed by atoms with Gasteiger partial charge in [0.1, 0.15) is 23.4 Å². The Labute approximate surface area is 203 Å². The zero-order chi connectivity index (χ0) is 23.8. The van der Waals surface area contributed by atoms with Crippen LogP contribution in [0.4, 0.5) is 5.69 Å². The van der Waals surface area contributed by atoms with E-state index < -0.39 is 6.04 Å². The van der Waals surface area contributed by atoms with Gasteiger partial charge in [0.2, 0.25) is 5.91 Å². The zero-order valence-electron chi connectivity index (χ0n) is 18.7. The van der Waals surface area contributed by atoms with Gasteiger partial charge in [0.15, 0.2) is 0 Å². The topological polar surface area (TPSA) is 75.9 Å². The maximum absolute atomic E-state index is 13.7. The molecular weight excluding hydrogens is 458 g/mol. The molecule has 0 saturated carbocycles. The van der Waals surface area contributed by atoms with Crippen molar-refractivity contribution in [2.75, 3.05) is 23.9 Å². The number of halogens is 1. The maximum atomic E-state index is 13.7. The molecule has 2 amide bonds. The highest BCUT2D eigenvalue weighted by Crippen LogP contribution is 2.34. The number of anilines is 1. The van der Waals surface area contributed by atoms with Crippen LogP contribution in [0.2, 0.25) is 0 Å². The molecule has 0 saturated heterocycles. The van der Waals surface area contributed by atoms with E-state index in [1.54, 1.807) is 29.2 Å². The molecule has 2 aromatic carbocycles. The number of thiophene rings is 1. The number of hydrogen-bond acceptors (Lipinski definition) is 5. The van der Waals surface area contributed by atoms with E-state index in [1.165, 1.54) is 16.2 Å². The van der Waals surface area contributed by atoms with Crippen molar-refractivity contribution in [1.82, 2.24) is 4.90 Å². The Bertz CT molecular complexity index is 1030. The van der Waals surface area contributed by atoms with Crippen molar-refractivity contribution in [2.24, 2.45) is 5.73 Å². The third kappa shape index (κ3) is 5.93. The first-order valence-electron chi connectivity index (χ1n) is 10.7. The molecule has 1 heterocycles. The molecule has 2 N–H and O–H groups in total. The van der Waals surface area contributed by atoms with Crippen LogP contribution in [-0.2, 0) is 9.59 Å². The summed E-state index contributed by atoms with van der Waals surface area (Å²) in [7, 11) is 0. The van der Waals surface area contributed by atoms with Gasteiger partial charge in [-0.1, -0.05) is 24.3 Å². The lowest BCUT2D eigenvalue weighted by atomic mass is 10.1. The van der Waals surface area contributed by atoms with Gasteiger partial charge >= 0.3 is 0 Å². The average molecular weight is 486 g/mol. The van der Waals surface area contributed by atoms with Gasteiger partial charge in [-0.05, 0) is 61.7 Å². The highest BCUT2D eigenvalue weighted by Gasteiger charge is 2.36. The number of amides is 2. The minimum atomic E-state index is -0.842. The van der Waals surface area contributed by atoms with Crippen molar-refractivity contribution >= 4 is 40.4 Å². The molecule has 0 radical (unpaired) electrons. The lowest BCUT2D eigenvalue weighted by molar-refractivity contribution is -0.136. The second kappa shape index (κ2) is 11.8. The van der Waals surface area contributed by atoms with Gasteiger partial charge in [-0.3, -0.25) is 14.5 Å². The summed E-state index contributed by atoms with van der Waals surface area (Å²) in [5.74, 6) is 0.516. The number of alkyl halides is 1. The van der Waals surface area contributed by atoms with Gasteiger partial charge in [-0.2, -0.15) is 0 Å². The standard InChI is InChI=1S/C25H28ClN3O3S/c1-3-28(18(2)17-27)25(31)24(22-10-7-15-33-22)29(23(30)16-26)19-11-13-21(14-12-19)32-20-8-5-4-6-9-20/h4-15,18,24H,3,16-17,27H2,1-2H3/t18-,24?/m1/s1. The summed E-state index contributed by atoms with van der Waals surface area (Å²) in [5, 5.41) is 1.89. The van der Waals surface area contributed by atoms with Gasteiger partial charge in [0.25, 0.3) is 5.91 Å². The Morgan fingerprint density at radius 3 is 2.24 bits per heavy atom. The van der Waals surface area contributed by atoms with Gasteiger partial charge in [-0.15, -0.1) is 22.9 Å². The van der Waals surface area contributed by atoms with E-state index in [-0.39, 0.29) is 23.7 Å². The van der Waals surface area contributed by atoms with Crippen LogP contribution in [0, 0.1) is 0 Å². The van der Waals surface area contributed by atoms with Crippen molar-refractivity contribution in [1.29, 1.82) is 0 Å². The summed E-state index contributed by atoms with van der Waals surface area (Å²) in [4.78, 5) is 30.7. The van der Waals surface area contributed by atoms with Crippen LogP contribution in [0.5, 0.6) is 11.5 Å². The Morgan fingerprint density at radius 2 is 1.70 bits per heavy atom. The van der Waals surface area contributed by atoms with E-state index in [1.807, 2.05) is 61.7 Å². The molecule has 3 aromatic rings. The first kappa shape index (κ1) is 24.8. The molecule has 0 bridgehead atoms. The van der Waals surface area contributed by atoms with Crippen molar-refractivity contribution < 1.29 is 14.3 Å². The molecule has 2 atom stereocenters. The fourth-order valence-corrected chi connectivity index (χ4v) is 4.51. The van der Waals surface area contributed by atoms with Crippen LogP contribution >= 0.6 is 22.9 Å². The second-order valence-electron chi connectivity index (χ2n) is 7.43. The summed E-state index contributed by atoms with van der Waals surface area (Å²) in [6, 6.07) is 19.2. The minimum absolute atomic E-state index is 0.167. The van der Waals surface area contributed by atoms with E-state index in [0.29, 0.717) is 30.3 Å². The fourth-order valence-electron chi connectivity index (χ4n) is 3.58. The Balaban J connectivity index is 1.99. The SMILES string of the molecule is CCN(C(=O)C(c1cccs1)N(C(=O)CCl)c1ccc(Oc2ccccc2)cc1)[C@H](C)CN. The molecule has 3 rings (SSSR count). The molecule has 0 aliphatic rings. The normalized spacial score (nSPS) is 12.6. The van der Waals surface area contributed by atoms with Crippen LogP contribution in [0.1, 0.15) is 24.8 Å². The Kier molecular flexibility index (Phi) is 8.88. The van der Waals surface area contributed by atoms with Crippen molar-refractivity contribution in [3.63, 3.8) is 0 Å². The molecular formula is C25H28ClN3O3S. The minimum Gasteiger partial charge on any atom is -0.457 e. The van der Waals surface area contributed by atoms with Gasteiger partial charge in [0.05, 0.1) is 0 Å². The largest absolute Gasteiger partial charge is 0.457 e. The molecule has 0 spiro atoms. The molecule has 8 heteroatoms. The summed E-state index contributed by atoms with van der Waals surface area (Å²) in [5.41, 5.74) is 6.41. The van der Waals surface area contributed by atoms with Crippen LogP contribution in [0.25, 0.3) is 0 Å². The third-order valence-electron chi connectivity index (χ3n) is 5.28. The van der Waals surface area contributed by atoms with Crippen molar-refractivity contribution in [2.45, 2.75) is 25.9 Å². The highest BCUT2D eigenvalue weighted by molar-refractivity contribution is 7.10. The predicted octanol–water partition coefficient (Wildman–Crippen LogP) is 5.05. The van der Waals surface area contributed by atoms with E-state index in [2.05, 4.69) is 0 Å². The molecule has 1 aromatic heterocycles. The quantitative estimate of drug-likeness (QED) is 0.408. The number of rotatable bonds is 10. The summed E-state index contributed by atoms with van der Waals surface area (Å²) in [6.07, 6.45) is 0.